The predicted molar refractivity (Wildman–Crippen MR) is 78.6 cm³/mol. The molecule has 2 atom stereocenters. The summed E-state index contributed by atoms with van der Waals surface area (Å²) in [6, 6.07) is 0.0568. The first-order chi connectivity index (χ1) is 9.07. The van der Waals surface area contributed by atoms with Gasteiger partial charge in [0.15, 0.2) is 0 Å². The fourth-order valence-corrected chi connectivity index (χ4v) is 5.21. The lowest BCUT2D eigenvalue weighted by molar-refractivity contribution is 0.318. The molecule has 4 nitrogen and oxygen atoms in total. The molecule has 0 amide bonds. The Hall–Kier alpha value is -0.130. The van der Waals surface area contributed by atoms with Gasteiger partial charge in [0.05, 0.1) is 5.75 Å². The summed E-state index contributed by atoms with van der Waals surface area (Å²) in [5.74, 6) is 1.15. The number of hydrogen-bond acceptors (Lipinski definition) is 3. The van der Waals surface area contributed by atoms with Gasteiger partial charge in [0.25, 0.3) is 0 Å². The molecule has 2 fully saturated rings. The molecule has 5 heteroatoms. The van der Waals surface area contributed by atoms with Crippen LogP contribution < -0.4 is 10.0 Å². The van der Waals surface area contributed by atoms with E-state index in [1.54, 1.807) is 0 Å². The Morgan fingerprint density at radius 1 is 1.16 bits per heavy atom. The average molecular weight is 288 g/mol. The SMILES string of the molecule is CC(NS(=O)(=O)CC1CCCCC1)C1CCCNC1. The lowest BCUT2D eigenvalue weighted by Gasteiger charge is -2.29. The van der Waals surface area contributed by atoms with Crippen molar-refractivity contribution in [3.05, 3.63) is 0 Å². The molecule has 19 heavy (non-hydrogen) atoms. The molecule has 0 aromatic carbocycles. The Kier molecular flexibility index (Phi) is 5.66. The van der Waals surface area contributed by atoms with Gasteiger partial charge in [-0.15, -0.1) is 0 Å². The predicted octanol–water partition coefficient (Wildman–Crippen LogP) is 1.87. The molecule has 1 saturated carbocycles. The Morgan fingerprint density at radius 2 is 1.89 bits per heavy atom. The van der Waals surface area contributed by atoms with Gasteiger partial charge in [-0.1, -0.05) is 19.3 Å². The fourth-order valence-electron chi connectivity index (χ4n) is 3.40. The third kappa shape index (κ3) is 5.04. The van der Waals surface area contributed by atoms with E-state index in [0.717, 1.165) is 38.8 Å². The van der Waals surface area contributed by atoms with Gasteiger partial charge >= 0.3 is 0 Å². The highest BCUT2D eigenvalue weighted by Gasteiger charge is 2.26. The maximum atomic E-state index is 12.2. The highest BCUT2D eigenvalue weighted by atomic mass is 32.2. The van der Waals surface area contributed by atoms with Gasteiger partial charge in [-0.2, -0.15) is 0 Å². The Balaban J connectivity index is 1.81. The monoisotopic (exact) mass is 288 g/mol. The number of hydrogen-bond donors (Lipinski definition) is 2. The van der Waals surface area contributed by atoms with Crippen LogP contribution in [0.4, 0.5) is 0 Å². The highest BCUT2D eigenvalue weighted by molar-refractivity contribution is 7.89. The number of rotatable bonds is 5. The first-order valence-electron chi connectivity index (χ1n) is 7.77. The Morgan fingerprint density at radius 3 is 2.53 bits per heavy atom. The minimum Gasteiger partial charge on any atom is -0.316 e. The van der Waals surface area contributed by atoms with Gasteiger partial charge in [-0.05, 0) is 57.5 Å². The van der Waals surface area contributed by atoms with Crippen LogP contribution in [0.2, 0.25) is 0 Å². The molecule has 1 aliphatic carbocycles. The summed E-state index contributed by atoms with van der Waals surface area (Å²) < 4.78 is 27.3. The van der Waals surface area contributed by atoms with Crippen LogP contribution >= 0.6 is 0 Å². The summed E-state index contributed by atoms with van der Waals surface area (Å²) >= 11 is 0. The molecule has 1 saturated heterocycles. The van der Waals surface area contributed by atoms with Crippen molar-refractivity contribution in [2.24, 2.45) is 11.8 Å². The maximum Gasteiger partial charge on any atom is 0.212 e. The zero-order valence-electron chi connectivity index (χ0n) is 12.0. The van der Waals surface area contributed by atoms with Crippen LogP contribution in [0.25, 0.3) is 0 Å². The summed E-state index contributed by atoms with van der Waals surface area (Å²) in [6.07, 6.45) is 8.11. The molecule has 2 N–H and O–H groups in total. The van der Waals surface area contributed by atoms with Gasteiger partial charge in [0.2, 0.25) is 10.0 Å². The van der Waals surface area contributed by atoms with E-state index in [9.17, 15) is 8.42 Å². The standard InChI is InChI=1S/C14H28N2O2S/c1-12(14-8-5-9-15-10-14)16-19(17,18)11-13-6-3-2-4-7-13/h12-16H,2-11H2,1H3. The van der Waals surface area contributed by atoms with E-state index in [-0.39, 0.29) is 6.04 Å². The van der Waals surface area contributed by atoms with E-state index in [2.05, 4.69) is 10.0 Å². The van der Waals surface area contributed by atoms with Gasteiger partial charge in [0, 0.05) is 6.04 Å². The normalized spacial score (nSPS) is 28.2. The Labute approximate surface area is 117 Å². The molecule has 0 aromatic rings. The molecule has 0 radical (unpaired) electrons. The van der Waals surface area contributed by atoms with Crippen LogP contribution in [-0.2, 0) is 10.0 Å². The van der Waals surface area contributed by atoms with Crippen LogP contribution in [0.5, 0.6) is 0 Å². The fraction of sp³-hybridized carbons (Fsp3) is 1.00. The molecule has 2 rings (SSSR count). The van der Waals surface area contributed by atoms with Crippen LogP contribution in [0, 0.1) is 11.8 Å². The zero-order valence-corrected chi connectivity index (χ0v) is 12.8. The quantitative estimate of drug-likeness (QED) is 0.812. The van der Waals surface area contributed by atoms with Crippen LogP contribution in [0.1, 0.15) is 51.9 Å². The van der Waals surface area contributed by atoms with E-state index in [0.29, 0.717) is 17.6 Å². The second-order valence-corrected chi connectivity index (χ2v) is 8.10. The van der Waals surface area contributed by atoms with E-state index in [4.69, 9.17) is 0 Å². The second-order valence-electron chi connectivity index (χ2n) is 6.30. The van der Waals surface area contributed by atoms with E-state index >= 15 is 0 Å². The number of nitrogens with one attached hydrogen (secondary N) is 2. The van der Waals surface area contributed by atoms with Crippen LogP contribution in [0.15, 0.2) is 0 Å². The molecule has 2 aliphatic rings. The molecule has 0 spiro atoms. The van der Waals surface area contributed by atoms with Crippen molar-refractivity contribution in [2.75, 3.05) is 18.8 Å². The lowest BCUT2D eigenvalue weighted by Crippen LogP contribution is -2.45. The molecule has 2 unspecified atom stereocenters. The van der Waals surface area contributed by atoms with Crippen molar-refractivity contribution in [3.63, 3.8) is 0 Å². The molecule has 1 heterocycles. The van der Waals surface area contributed by atoms with Gasteiger partial charge in [-0.25, -0.2) is 13.1 Å². The van der Waals surface area contributed by atoms with Crippen molar-refractivity contribution in [3.8, 4) is 0 Å². The minimum atomic E-state index is -3.11. The lowest BCUT2D eigenvalue weighted by atomic mass is 9.91. The van der Waals surface area contributed by atoms with Gasteiger partial charge < -0.3 is 5.32 Å². The summed E-state index contributed by atoms with van der Waals surface area (Å²) in [5.41, 5.74) is 0. The third-order valence-electron chi connectivity index (χ3n) is 4.59. The topological polar surface area (TPSA) is 58.2 Å². The van der Waals surface area contributed by atoms with Gasteiger partial charge in [-0.3, -0.25) is 0 Å². The summed E-state index contributed by atoms with van der Waals surface area (Å²) in [5, 5.41) is 3.35. The van der Waals surface area contributed by atoms with Crippen molar-refractivity contribution < 1.29 is 8.42 Å². The first-order valence-corrected chi connectivity index (χ1v) is 9.43. The van der Waals surface area contributed by atoms with E-state index in [1.807, 2.05) is 6.92 Å². The molecule has 0 aromatic heterocycles. The molecule has 112 valence electrons. The minimum absolute atomic E-state index is 0.0568. The summed E-state index contributed by atoms with van der Waals surface area (Å²) in [7, 11) is -3.11. The first kappa shape index (κ1) is 15.3. The van der Waals surface area contributed by atoms with E-state index < -0.39 is 10.0 Å². The average Bonchev–Trinajstić information content (AvgIpc) is 2.39. The molecular formula is C14H28N2O2S. The van der Waals surface area contributed by atoms with Crippen molar-refractivity contribution in [1.29, 1.82) is 0 Å². The molecule has 1 aliphatic heterocycles. The zero-order chi connectivity index (χ0) is 13.7. The summed E-state index contributed by atoms with van der Waals surface area (Å²) in [6.45, 7) is 4.02. The largest absolute Gasteiger partial charge is 0.316 e. The maximum absolute atomic E-state index is 12.2. The molecule has 0 bridgehead atoms. The Bertz CT molecular complexity index is 358. The summed E-state index contributed by atoms with van der Waals surface area (Å²) in [4.78, 5) is 0. The smallest absolute Gasteiger partial charge is 0.212 e. The number of piperidine rings is 1. The van der Waals surface area contributed by atoms with Gasteiger partial charge in [0.1, 0.15) is 0 Å². The van der Waals surface area contributed by atoms with Crippen molar-refractivity contribution in [1.82, 2.24) is 10.0 Å². The van der Waals surface area contributed by atoms with Crippen LogP contribution in [-0.4, -0.2) is 33.3 Å². The number of sulfonamides is 1. The van der Waals surface area contributed by atoms with Crippen LogP contribution in [0.3, 0.4) is 0 Å². The van der Waals surface area contributed by atoms with Crippen molar-refractivity contribution >= 4 is 10.0 Å². The van der Waals surface area contributed by atoms with Crippen molar-refractivity contribution in [2.45, 2.75) is 57.9 Å². The second kappa shape index (κ2) is 7.04. The van der Waals surface area contributed by atoms with E-state index in [1.165, 1.54) is 19.3 Å². The molecular weight excluding hydrogens is 260 g/mol. The third-order valence-corrected chi connectivity index (χ3v) is 6.23. The highest BCUT2D eigenvalue weighted by Crippen LogP contribution is 2.25.